The van der Waals surface area contributed by atoms with Gasteiger partial charge in [0.2, 0.25) is 0 Å². The lowest BCUT2D eigenvalue weighted by Gasteiger charge is -2.08. The van der Waals surface area contributed by atoms with Crippen LogP contribution in [0, 0.1) is 0 Å². The van der Waals surface area contributed by atoms with E-state index in [1.54, 1.807) is 12.3 Å². The number of rotatable bonds is 3. The smallest absolute Gasteiger partial charge is 0.272 e. The molecule has 0 fully saturated rings. The van der Waals surface area contributed by atoms with Gasteiger partial charge in [0, 0.05) is 11.9 Å². The van der Waals surface area contributed by atoms with Crippen LogP contribution in [0.2, 0.25) is 0 Å². The van der Waals surface area contributed by atoms with Gasteiger partial charge < -0.3 is 10.3 Å². The number of carbonyl (C=O) groups is 1. The Morgan fingerprint density at radius 2 is 2.10 bits per heavy atom. The minimum absolute atomic E-state index is 0.149. The summed E-state index contributed by atoms with van der Waals surface area (Å²) < 4.78 is 0. The van der Waals surface area contributed by atoms with Crippen molar-refractivity contribution in [2.24, 2.45) is 0 Å². The molecular formula is C16H15N3O. The third kappa shape index (κ3) is 2.28. The molecule has 0 aliphatic carbocycles. The van der Waals surface area contributed by atoms with Crippen molar-refractivity contribution in [3.63, 3.8) is 0 Å². The van der Waals surface area contributed by atoms with Crippen LogP contribution in [0.25, 0.3) is 11.0 Å². The van der Waals surface area contributed by atoms with E-state index >= 15 is 0 Å². The average Bonchev–Trinajstić information content (AvgIpc) is 2.92. The summed E-state index contributed by atoms with van der Waals surface area (Å²) in [6.45, 7) is 2.07. The fourth-order valence-electron chi connectivity index (χ4n) is 2.22. The van der Waals surface area contributed by atoms with Gasteiger partial charge in [0.15, 0.2) is 0 Å². The fourth-order valence-corrected chi connectivity index (χ4v) is 2.22. The molecule has 2 heterocycles. The monoisotopic (exact) mass is 265 g/mol. The number of aryl methyl sites for hydroxylation is 1. The molecule has 0 spiro atoms. The molecule has 3 rings (SSSR count). The summed E-state index contributed by atoms with van der Waals surface area (Å²) in [5, 5.41) is 2.94. The molecule has 0 aliphatic rings. The van der Waals surface area contributed by atoms with Crippen LogP contribution < -0.4 is 5.32 Å². The summed E-state index contributed by atoms with van der Waals surface area (Å²) in [6, 6.07) is 13.3. The Kier molecular flexibility index (Phi) is 3.21. The Morgan fingerprint density at radius 3 is 2.90 bits per heavy atom. The van der Waals surface area contributed by atoms with E-state index in [2.05, 4.69) is 22.2 Å². The molecule has 0 radical (unpaired) electrons. The van der Waals surface area contributed by atoms with Crippen molar-refractivity contribution in [3.8, 4) is 0 Å². The maximum atomic E-state index is 12.3. The molecule has 4 heteroatoms. The van der Waals surface area contributed by atoms with Crippen LogP contribution in [0.5, 0.6) is 0 Å². The predicted molar refractivity (Wildman–Crippen MR) is 79.9 cm³/mol. The largest absolute Gasteiger partial charge is 0.349 e. The molecule has 4 nitrogen and oxygen atoms in total. The zero-order valence-electron chi connectivity index (χ0n) is 11.2. The van der Waals surface area contributed by atoms with E-state index in [1.165, 1.54) is 0 Å². The Morgan fingerprint density at radius 1 is 1.25 bits per heavy atom. The summed E-state index contributed by atoms with van der Waals surface area (Å²) in [7, 11) is 0. The molecule has 0 aliphatic heterocycles. The lowest BCUT2D eigenvalue weighted by Crippen LogP contribution is -2.13. The Bertz CT molecular complexity index is 728. The zero-order valence-corrected chi connectivity index (χ0v) is 11.2. The van der Waals surface area contributed by atoms with Crippen molar-refractivity contribution in [3.05, 3.63) is 59.9 Å². The number of aromatic amines is 1. The second-order valence-electron chi connectivity index (χ2n) is 4.58. The number of H-pyrrole nitrogens is 1. The molecule has 100 valence electrons. The second kappa shape index (κ2) is 5.17. The Labute approximate surface area is 116 Å². The van der Waals surface area contributed by atoms with E-state index in [4.69, 9.17) is 0 Å². The van der Waals surface area contributed by atoms with Gasteiger partial charge in [0.05, 0.1) is 11.0 Å². The molecule has 0 saturated heterocycles. The number of para-hydroxylation sites is 1. The van der Waals surface area contributed by atoms with Gasteiger partial charge in [0.25, 0.3) is 5.91 Å². The fraction of sp³-hybridized carbons (Fsp3) is 0.125. The van der Waals surface area contributed by atoms with Crippen LogP contribution in [0.1, 0.15) is 23.0 Å². The quantitative estimate of drug-likeness (QED) is 0.762. The van der Waals surface area contributed by atoms with Gasteiger partial charge in [-0.2, -0.15) is 0 Å². The normalized spacial score (nSPS) is 10.7. The molecule has 0 saturated carbocycles. The molecule has 2 aromatic heterocycles. The number of aromatic nitrogens is 2. The summed E-state index contributed by atoms with van der Waals surface area (Å²) in [6.07, 6.45) is 2.59. The van der Waals surface area contributed by atoms with E-state index in [1.807, 2.05) is 36.4 Å². The minimum Gasteiger partial charge on any atom is -0.349 e. The summed E-state index contributed by atoms with van der Waals surface area (Å²) in [5.74, 6) is -0.149. The number of benzene rings is 1. The first-order valence-electron chi connectivity index (χ1n) is 6.61. The van der Waals surface area contributed by atoms with Gasteiger partial charge in [-0.05, 0) is 36.2 Å². The standard InChI is InChI=1S/C16H15N3O/c1-2-11-6-3-4-7-12(11)19-16(20)15-10-14-13(18-15)8-5-9-17-14/h3-10,18H,2H2,1H3,(H,19,20). The van der Waals surface area contributed by atoms with Gasteiger partial charge in [-0.15, -0.1) is 0 Å². The van der Waals surface area contributed by atoms with Crippen molar-refractivity contribution in [2.75, 3.05) is 5.32 Å². The van der Waals surface area contributed by atoms with Crippen molar-refractivity contribution < 1.29 is 4.79 Å². The topological polar surface area (TPSA) is 57.8 Å². The highest BCUT2D eigenvalue weighted by molar-refractivity contribution is 6.05. The van der Waals surface area contributed by atoms with Crippen LogP contribution in [0.4, 0.5) is 5.69 Å². The number of hydrogen-bond donors (Lipinski definition) is 2. The van der Waals surface area contributed by atoms with Gasteiger partial charge in [-0.1, -0.05) is 25.1 Å². The number of amides is 1. The molecule has 0 atom stereocenters. The first-order valence-corrected chi connectivity index (χ1v) is 6.61. The summed E-state index contributed by atoms with van der Waals surface area (Å²) in [5.41, 5.74) is 4.15. The van der Waals surface area contributed by atoms with Gasteiger partial charge in [0.1, 0.15) is 5.69 Å². The highest BCUT2D eigenvalue weighted by atomic mass is 16.1. The number of fused-ring (bicyclic) bond motifs is 1. The van der Waals surface area contributed by atoms with Crippen LogP contribution in [-0.4, -0.2) is 15.9 Å². The SMILES string of the molecule is CCc1ccccc1NC(=O)c1cc2ncccc2[nH]1. The number of nitrogens with zero attached hydrogens (tertiary/aromatic N) is 1. The lowest BCUT2D eigenvalue weighted by atomic mass is 10.1. The van der Waals surface area contributed by atoms with Crippen molar-refractivity contribution in [2.45, 2.75) is 13.3 Å². The molecule has 1 aromatic carbocycles. The number of pyridine rings is 1. The first-order chi connectivity index (χ1) is 9.78. The minimum atomic E-state index is -0.149. The van der Waals surface area contributed by atoms with Crippen LogP contribution in [-0.2, 0) is 6.42 Å². The second-order valence-corrected chi connectivity index (χ2v) is 4.58. The number of carbonyl (C=O) groups excluding carboxylic acids is 1. The van der Waals surface area contributed by atoms with E-state index < -0.39 is 0 Å². The number of anilines is 1. The lowest BCUT2D eigenvalue weighted by molar-refractivity contribution is 0.102. The van der Waals surface area contributed by atoms with Crippen molar-refractivity contribution >= 4 is 22.6 Å². The third-order valence-corrected chi connectivity index (χ3v) is 3.28. The number of nitrogens with one attached hydrogen (secondary N) is 2. The van der Waals surface area contributed by atoms with Crippen molar-refractivity contribution in [1.82, 2.24) is 9.97 Å². The van der Waals surface area contributed by atoms with E-state index in [0.717, 1.165) is 28.7 Å². The summed E-state index contributed by atoms with van der Waals surface area (Å²) in [4.78, 5) is 19.6. The van der Waals surface area contributed by atoms with Gasteiger partial charge in [-0.25, -0.2) is 0 Å². The molecular weight excluding hydrogens is 250 g/mol. The molecule has 1 amide bonds. The van der Waals surface area contributed by atoms with E-state index in [-0.39, 0.29) is 5.91 Å². The van der Waals surface area contributed by atoms with E-state index in [9.17, 15) is 4.79 Å². The molecule has 3 aromatic rings. The molecule has 2 N–H and O–H groups in total. The summed E-state index contributed by atoms with van der Waals surface area (Å²) >= 11 is 0. The maximum absolute atomic E-state index is 12.3. The zero-order chi connectivity index (χ0) is 13.9. The van der Waals surface area contributed by atoms with Gasteiger partial charge in [-0.3, -0.25) is 9.78 Å². The first kappa shape index (κ1) is 12.4. The van der Waals surface area contributed by atoms with Crippen LogP contribution >= 0.6 is 0 Å². The maximum Gasteiger partial charge on any atom is 0.272 e. The highest BCUT2D eigenvalue weighted by Crippen LogP contribution is 2.18. The third-order valence-electron chi connectivity index (χ3n) is 3.28. The number of hydrogen-bond acceptors (Lipinski definition) is 2. The molecule has 20 heavy (non-hydrogen) atoms. The highest BCUT2D eigenvalue weighted by Gasteiger charge is 2.11. The van der Waals surface area contributed by atoms with Crippen LogP contribution in [0.15, 0.2) is 48.7 Å². The van der Waals surface area contributed by atoms with Crippen LogP contribution in [0.3, 0.4) is 0 Å². The average molecular weight is 265 g/mol. The molecule has 0 bridgehead atoms. The predicted octanol–water partition coefficient (Wildman–Crippen LogP) is 3.38. The molecule has 0 unspecified atom stereocenters. The Hall–Kier alpha value is -2.62. The van der Waals surface area contributed by atoms with Crippen molar-refractivity contribution in [1.29, 1.82) is 0 Å². The van der Waals surface area contributed by atoms with E-state index in [0.29, 0.717) is 5.69 Å². The van der Waals surface area contributed by atoms with Gasteiger partial charge >= 0.3 is 0 Å². The Balaban J connectivity index is 1.89.